The number of benzene rings is 1. The van der Waals surface area contributed by atoms with Crippen molar-refractivity contribution in [2.75, 3.05) is 6.54 Å². The van der Waals surface area contributed by atoms with Gasteiger partial charge >= 0.3 is 0 Å². The minimum Gasteiger partial charge on any atom is -0.351 e. The van der Waals surface area contributed by atoms with Crippen LogP contribution in [0.5, 0.6) is 0 Å². The van der Waals surface area contributed by atoms with Crippen LogP contribution in [0.25, 0.3) is 5.69 Å². The first-order valence-electron chi connectivity index (χ1n) is 9.99. The fraction of sp³-hybridized carbons (Fsp3) is 0.409. The molecule has 1 amide bonds. The molecule has 0 aliphatic heterocycles. The van der Waals surface area contributed by atoms with Crippen LogP contribution in [0.2, 0.25) is 0 Å². The lowest BCUT2D eigenvalue weighted by atomic mass is 10.2. The molecule has 1 N–H and O–H groups in total. The van der Waals surface area contributed by atoms with Crippen LogP contribution in [0.15, 0.2) is 29.6 Å². The Labute approximate surface area is 169 Å². The molecule has 0 saturated heterocycles. The van der Waals surface area contributed by atoms with Crippen molar-refractivity contribution in [3.63, 3.8) is 0 Å². The molecular weight excluding hydrogens is 368 g/mol. The number of hydrogen-bond acceptors (Lipinski definition) is 4. The van der Waals surface area contributed by atoms with Crippen LogP contribution < -0.4 is 5.32 Å². The zero-order chi connectivity index (χ0) is 19.5. The van der Waals surface area contributed by atoms with Gasteiger partial charge in [0, 0.05) is 28.9 Å². The number of aromatic nitrogens is 3. The van der Waals surface area contributed by atoms with E-state index in [-0.39, 0.29) is 5.91 Å². The highest BCUT2D eigenvalue weighted by Gasteiger charge is 2.26. The number of aryl methyl sites for hydroxylation is 3. The highest BCUT2D eigenvalue weighted by atomic mass is 32.1. The summed E-state index contributed by atoms with van der Waals surface area (Å²) in [4.78, 5) is 17.2. The molecule has 4 rings (SSSR count). The predicted octanol–water partition coefficient (Wildman–Crippen LogP) is 4.19. The van der Waals surface area contributed by atoms with Gasteiger partial charge in [-0.1, -0.05) is 17.7 Å². The molecule has 3 aromatic rings. The number of unbranched alkanes of at least 4 members (excludes halogenated alkanes) is 1. The van der Waals surface area contributed by atoms with Crippen LogP contribution >= 0.6 is 11.3 Å². The van der Waals surface area contributed by atoms with Crippen LogP contribution in [0.4, 0.5) is 0 Å². The smallest absolute Gasteiger partial charge is 0.272 e. The summed E-state index contributed by atoms with van der Waals surface area (Å²) in [6.45, 7) is 4.77. The zero-order valence-corrected chi connectivity index (χ0v) is 17.3. The van der Waals surface area contributed by atoms with Crippen LogP contribution in [-0.4, -0.2) is 27.2 Å². The van der Waals surface area contributed by atoms with Gasteiger partial charge in [0.2, 0.25) is 0 Å². The van der Waals surface area contributed by atoms with Crippen molar-refractivity contribution in [2.24, 2.45) is 0 Å². The summed E-state index contributed by atoms with van der Waals surface area (Å²) in [5.41, 5.74) is 6.25. The van der Waals surface area contributed by atoms with E-state index < -0.39 is 0 Å². The monoisotopic (exact) mass is 394 g/mol. The van der Waals surface area contributed by atoms with Crippen molar-refractivity contribution in [1.82, 2.24) is 20.1 Å². The van der Waals surface area contributed by atoms with Gasteiger partial charge in [-0.3, -0.25) is 4.79 Å². The van der Waals surface area contributed by atoms with Gasteiger partial charge in [-0.25, -0.2) is 9.67 Å². The second-order valence-electron chi connectivity index (χ2n) is 7.47. The van der Waals surface area contributed by atoms with Gasteiger partial charge in [-0.2, -0.15) is 5.10 Å². The molecule has 5 nitrogen and oxygen atoms in total. The van der Waals surface area contributed by atoms with Crippen molar-refractivity contribution in [3.05, 3.63) is 62.9 Å². The van der Waals surface area contributed by atoms with Crippen molar-refractivity contribution < 1.29 is 4.79 Å². The summed E-state index contributed by atoms with van der Waals surface area (Å²) < 4.78 is 1.96. The first-order chi connectivity index (χ1) is 13.6. The number of carbonyl (C=O) groups is 1. The minimum absolute atomic E-state index is 0.0471. The summed E-state index contributed by atoms with van der Waals surface area (Å²) in [5, 5.41) is 11.0. The number of nitrogens with zero attached hydrogens (tertiary/aromatic N) is 3. The van der Waals surface area contributed by atoms with E-state index in [4.69, 9.17) is 0 Å². The molecular formula is C22H26N4OS. The van der Waals surface area contributed by atoms with E-state index in [1.54, 1.807) is 11.3 Å². The van der Waals surface area contributed by atoms with Gasteiger partial charge in [0.15, 0.2) is 5.69 Å². The fourth-order valence-corrected chi connectivity index (χ4v) is 4.54. The van der Waals surface area contributed by atoms with E-state index in [0.29, 0.717) is 12.2 Å². The van der Waals surface area contributed by atoms with Crippen LogP contribution in [0.1, 0.15) is 57.3 Å². The number of carbonyl (C=O) groups excluding carboxylic acids is 1. The molecule has 28 heavy (non-hydrogen) atoms. The molecule has 1 aromatic carbocycles. The van der Waals surface area contributed by atoms with E-state index in [9.17, 15) is 4.79 Å². The Morgan fingerprint density at radius 1 is 1.18 bits per heavy atom. The quantitative estimate of drug-likeness (QED) is 0.611. The van der Waals surface area contributed by atoms with Crippen LogP contribution in [-0.2, 0) is 19.3 Å². The highest BCUT2D eigenvalue weighted by Crippen LogP contribution is 2.28. The van der Waals surface area contributed by atoms with Gasteiger partial charge in [0.25, 0.3) is 5.91 Å². The van der Waals surface area contributed by atoms with E-state index in [0.717, 1.165) is 55.5 Å². The van der Waals surface area contributed by atoms with Gasteiger partial charge in [-0.05, 0) is 64.5 Å². The van der Waals surface area contributed by atoms with E-state index in [1.165, 1.54) is 16.3 Å². The van der Waals surface area contributed by atoms with Gasteiger partial charge in [-0.15, -0.1) is 11.3 Å². The Hall–Kier alpha value is -2.47. The van der Waals surface area contributed by atoms with Crippen molar-refractivity contribution in [3.8, 4) is 5.69 Å². The van der Waals surface area contributed by atoms with Crippen LogP contribution in [0, 0.1) is 13.8 Å². The first kappa shape index (κ1) is 18.9. The van der Waals surface area contributed by atoms with E-state index in [2.05, 4.69) is 52.0 Å². The maximum absolute atomic E-state index is 12.7. The number of thiazole rings is 1. The number of hydrogen-bond donors (Lipinski definition) is 1. The second-order valence-corrected chi connectivity index (χ2v) is 8.41. The normalized spacial score (nSPS) is 12.9. The molecule has 1 aliphatic rings. The lowest BCUT2D eigenvalue weighted by Gasteiger charge is -2.06. The fourth-order valence-electron chi connectivity index (χ4n) is 3.72. The van der Waals surface area contributed by atoms with Crippen molar-refractivity contribution >= 4 is 17.2 Å². The summed E-state index contributed by atoms with van der Waals surface area (Å²) >= 11 is 1.71. The molecule has 0 saturated carbocycles. The Balaban J connectivity index is 1.37. The standard InChI is InChI=1S/C22H26N4OS/c1-15-9-11-17(12-10-15)26-19-7-5-6-18(19)21(25-26)22(27)23-13-4-3-8-20-24-16(2)14-28-20/h9-12,14H,3-8,13H2,1-2H3,(H,23,27). The molecule has 146 valence electrons. The third-order valence-corrected chi connectivity index (χ3v) is 6.22. The molecule has 0 fully saturated rings. The molecule has 6 heteroatoms. The molecule has 2 aromatic heterocycles. The maximum atomic E-state index is 12.7. The third-order valence-electron chi connectivity index (χ3n) is 5.19. The van der Waals surface area contributed by atoms with Gasteiger partial charge in [0.05, 0.1) is 10.7 Å². The molecule has 0 spiro atoms. The Bertz CT molecular complexity index is 971. The first-order valence-corrected chi connectivity index (χ1v) is 10.9. The van der Waals surface area contributed by atoms with Crippen molar-refractivity contribution in [2.45, 2.75) is 52.4 Å². The summed E-state index contributed by atoms with van der Waals surface area (Å²) in [6.07, 6.45) is 5.97. The van der Waals surface area contributed by atoms with E-state index >= 15 is 0 Å². The van der Waals surface area contributed by atoms with E-state index in [1.807, 2.05) is 11.6 Å². The van der Waals surface area contributed by atoms with Gasteiger partial charge < -0.3 is 5.32 Å². The molecule has 0 unspecified atom stereocenters. The minimum atomic E-state index is -0.0471. The van der Waals surface area contributed by atoms with Crippen molar-refractivity contribution in [1.29, 1.82) is 0 Å². The predicted molar refractivity (Wildman–Crippen MR) is 112 cm³/mol. The Kier molecular flexibility index (Phi) is 5.57. The number of fused-ring (bicyclic) bond motifs is 1. The molecule has 0 radical (unpaired) electrons. The maximum Gasteiger partial charge on any atom is 0.272 e. The Morgan fingerprint density at radius 2 is 2.00 bits per heavy atom. The molecule has 0 bridgehead atoms. The third kappa shape index (κ3) is 4.02. The Morgan fingerprint density at radius 3 is 2.75 bits per heavy atom. The topological polar surface area (TPSA) is 59.8 Å². The molecule has 0 atom stereocenters. The summed E-state index contributed by atoms with van der Waals surface area (Å²) in [5.74, 6) is -0.0471. The SMILES string of the molecule is Cc1ccc(-n2nc(C(=O)NCCCCc3nc(C)cs3)c3c2CCC3)cc1. The van der Waals surface area contributed by atoms with Gasteiger partial charge in [0.1, 0.15) is 0 Å². The number of rotatable bonds is 7. The number of amides is 1. The summed E-state index contributed by atoms with van der Waals surface area (Å²) in [7, 11) is 0. The lowest BCUT2D eigenvalue weighted by molar-refractivity contribution is 0.0946. The molecule has 1 aliphatic carbocycles. The highest BCUT2D eigenvalue weighted by molar-refractivity contribution is 7.09. The summed E-state index contributed by atoms with van der Waals surface area (Å²) in [6, 6.07) is 8.32. The second kappa shape index (κ2) is 8.27. The largest absolute Gasteiger partial charge is 0.351 e. The van der Waals surface area contributed by atoms with Crippen LogP contribution in [0.3, 0.4) is 0 Å². The molecule has 2 heterocycles. The number of nitrogens with one attached hydrogen (secondary N) is 1. The lowest BCUT2D eigenvalue weighted by Crippen LogP contribution is -2.26. The average Bonchev–Trinajstić information content (AvgIpc) is 3.39. The average molecular weight is 395 g/mol. The zero-order valence-electron chi connectivity index (χ0n) is 16.5.